The van der Waals surface area contributed by atoms with Crippen molar-refractivity contribution in [2.75, 3.05) is 0 Å². The number of Topliss-reactive ketones (excluding diaryl/α,β-unsaturated/α-hetero) is 1. The number of rotatable bonds is 3. The standard InChI is InChI=1S/C7H4N2O5/c10-6(7(11)12)5-2-1-4(3-8-5)9(13)14/h1-3H,(H,11,12). The van der Waals surface area contributed by atoms with Gasteiger partial charge in [-0.05, 0) is 6.07 Å². The maximum absolute atomic E-state index is 10.8. The smallest absolute Gasteiger partial charge is 0.378 e. The molecule has 14 heavy (non-hydrogen) atoms. The van der Waals surface area contributed by atoms with E-state index in [0.29, 0.717) is 0 Å². The molecule has 0 radical (unpaired) electrons. The highest BCUT2D eigenvalue weighted by Gasteiger charge is 2.17. The van der Waals surface area contributed by atoms with Gasteiger partial charge in [0.05, 0.1) is 4.92 Å². The fraction of sp³-hybridized carbons (Fsp3) is 0. The Labute approximate surface area is 77.2 Å². The van der Waals surface area contributed by atoms with E-state index < -0.39 is 16.7 Å². The summed E-state index contributed by atoms with van der Waals surface area (Å²) in [4.78, 5) is 33.8. The third-order valence-electron chi connectivity index (χ3n) is 1.39. The lowest BCUT2D eigenvalue weighted by molar-refractivity contribution is -0.385. The van der Waals surface area contributed by atoms with Crippen molar-refractivity contribution in [1.29, 1.82) is 0 Å². The van der Waals surface area contributed by atoms with Crippen molar-refractivity contribution in [3.8, 4) is 0 Å². The predicted molar refractivity (Wildman–Crippen MR) is 42.9 cm³/mol. The summed E-state index contributed by atoms with van der Waals surface area (Å²) in [6.45, 7) is 0. The molecular formula is C7H4N2O5. The zero-order valence-corrected chi connectivity index (χ0v) is 6.71. The first-order valence-corrected chi connectivity index (χ1v) is 3.40. The van der Waals surface area contributed by atoms with Crippen molar-refractivity contribution >= 4 is 17.4 Å². The second kappa shape index (κ2) is 3.60. The number of carboxylic acid groups (broad SMARTS) is 1. The third-order valence-corrected chi connectivity index (χ3v) is 1.39. The number of carbonyl (C=O) groups excluding carboxylic acids is 1. The molecular weight excluding hydrogens is 192 g/mol. The van der Waals surface area contributed by atoms with E-state index in [2.05, 4.69) is 4.98 Å². The van der Waals surface area contributed by atoms with Crippen LogP contribution in [0.1, 0.15) is 10.5 Å². The summed E-state index contributed by atoms with van der Waals surface area (Å²) < 4.78 is 0. The van der Waals surface area contributed by atoms with Crippen LogP contribution in [-0.4, -0.2) is 26.8 Å². The third kappa shape index (κ3) is 1.89. The Hall–Kier alpha value is -2.31. The van der Waals surface area contributed by atoms with Crippen molar-refractivity contribution in [3.63, 3.8) is 0 Å². The van der Waals surface area contributed by atoms with Crippen LogP contribution in [0.3, 0.4) is 0 Å². The molecule has 1 rings (SSSR count). The zero-order valence-electron chi connectivity index (χ0n) is 6.71. The van der Waals surface area contributed by atoms with E-state index in [1.807, 2.05) is 0 Å². The van der Waals surface area contributed by atoms with E-state index in [0.717, 1.165) is 18.3 Å². The van der Waals surface area contributed by atoms with Crippen LogP contribution in [0.5, 0.6) is 0 Å². The lowest BCUT2D eigenvalue weighted by Gasteiger charge is -1.93. The first-order chi connectivity index (χ1) is 6.52. The Morgan fingerprint density at radius 1 is 1.43 bits per heavy atom. The van der Waals surface area contributed by atoms with E-state index >= 15 is 0 Å². The Morgan fingerprint density at radius 3 is 2.43 bits per heavy atom. The number of carbonyl (C=O) groups is 2. The van der Waals surface area contributed by atoms with Crippen molar-refractivity contribution < 1.29 is 19.6 Å². The molecule has 0 fully saturated rings. The number of hydrogen-bond acceptors (Lipinski definition) is 5. The van der Waals surface area contributed by atoms with Crippen LogP contribution >= 0.6 is 0 Å². The second-order valence-corrected chi connectivity index (χ2v) is 2.29. The molecule has 0 atom stereocenters. The molecule has 1 aromatic rings. The highest BCUT2D eigenvalue weighted by atomic mass is 16.6. The number of aromatic nitrogens is 1. The minimum atomic E-state index is -1.65. The van der Waals surface area contributed by atoms with Gasteiger partial charge in [0.15, 0.2) is 0 Å². The van der Waals surface area contributed by atoms with Gasteiger partial charge < -0.3 is 5.11 Å². The van der Waals surface area contributed by atoms with Gasteiger partial charge in [-0.25, -0.2) is 9.78 Å². The monoisotopic (exact) mass is 196 g/mol. The van der Waals surface area contributed by atoms with Gasteiger partial charge in [0.2, 0.25) is 0 Å². The number of ketones is 1. The molecule has 1 heterocycles. The fourth-order valence-electron chi connectivity index (χ4n) is 0.738. The molecule has 1 N–H and O–H groups in total. The Bertz CT molecular complexity index is 397. The largest absolute Gasteiger partial charge is 0.475 e. The molecule has 7 heteroatoms. The SMILES string of the molecule is O=C(O)C(=O)c1ccc([N+](=O)[O-])cn1. The van der Waals surface area contributed by atoms with E-state index in [1.165, 1.54) is 0 Å². The van der Waals surface area contributed by atoms with Crippen LogP contribution in [0.25, 0.3) is 0 Å². The van der Waals surface area contributed by atoms with Crippen LogP contribution in [0, 0.1) is 10.1 Å². The quantitative estimate of drug-likeness (QED) is 0.321. The minimum Gasteiger partial charge on any atom is -0.475 e. The van der Waals surface area contributed by atoms with E-state index in [1.54, 1.807) is 0 Å². The van der Waals surface area contributed by atoms with Crippen molar-refractivity contribution in [1.82, 2.24) is 4.98 Å². The number of pyridine rings is 1. The number of nitro groups is 1. The van der Waals surface area contributed by atoms with Crippen molar-refractivity contribution in [2.24, 2.45) is 0 Å². The molecule has 0 aliphatic rings. The van der Waals surface area contributed by atoms with Gasteiger partial charge in [0.1, 0.15) is 11.9 Å². The molecule has 0 bridgehead atoms. The molecule has 0 unspecified atom stereocenters. The summed E-state index contributed by atoms with van der Waals surface area (Å²) in [6.07, 6.45) is 0.830. The summed E-state index contributed by atoms with van der Waals surface area (Å²) >= 11 is 0. The average Bonchev–Trinajstić information content (AvgIpc) is 2.16. The molecule has 7 nitrogen and oxygen atoms in total. The molecule has 0 amide bonds. The average molecular weight is 196 g/mol. The van der Waals surface area contributed by atoms with Gasteiger partial charge in [0, 0.05) is 6.07 Å². The molecule has 0 aliphatic heterocycles. The summed E-state index contributed by atoms with van der Waals surface area (Å²) in [5.74, 6) is -2.84. The first-order valence-electron chi connectivity index (χ1n) is 3.40. The number of hydrogen-bond donors (Lipinski definition) is 1. The molecule has 1 aromatic heterocycles. The second-order valence-electron chi connectivity index (χ2n) is 2.29. The molecule has 0 spiro atoms. The van der Waals surface area contributed by atoms with E-state index in [-0.39, 0.29) is 11.4 Å². The van der Waals surface area contributed by atoms with Crippen LogP contribution in [0.2, 0.25) is 0 Å². The van der Waals surface area contributed by atoms with Crippen LogP contribution < -0.4 is 0 Å². The summed E-state index contributed by atoms with van der Waals surface area (Å²) in [6, 6.07) is 2.01. The lowest BCUT2D eigenvalue weighted by Crippen LogP contribution is -2.14. The number of nitrogens with zero attached hydrogens (tertiary/aromatic N) is 2. The van der Waals surface area contributed by atoms with Crippen molar-refractivity contribution in [3.05, 3.63) is 34.1 Å². The van der Waals surface area contributed by atoms with Gasteiger partial charge >= 0.3 is 5.97 Å². The van der Waals surface area contributed by atoms with Crippen LogP contribution in [0.15, 0.2) is 18.3 Å². The maximum atomic E-state index is 10.8. The van der Waals surface area contributed by atoms with Crippen molar-refractivity contribution in [2.45, 2.75) is 0 Å². The summed E-state index contributed by atoms with van der Waals surface area (Å²) in [7, 11) is 0. The summed E-state index contributed by atoms with van der Waals surface area (Å²) in [5.41, 5.74) is -0.630. The molecule has 0 aromatic carbocycles. The van der Waals surface area contributed by atoms with Gasteiger partial charge in [-0.2, -0.15) is 0 Å². The first kappa shape index (κ1) is 9.78. The normalized spacial score (nSPS) is 9.43. The van der Waals surface area contributed by atoms with E-state index in [4.69, 9.17) is 5.11 Å². The summed E-state index contributed by atoms with van der Waals surface area (Å²) in [5, 5.41) is 18.5. The number of carboxylic acids is 1. The van der Waals surface area contributed by atoms with Crippen LogP contribution in [-0.2, 0) is 4.79 Å². The van der Waals surface area contributed by atoms with Gasteiger partial charge in [-0.15, -0.1) is 0 Å². The van der Waals surface area contributed by atoms with Gasteiger partial charge in [0.25, 0.3) is 11.5 Å². The Morgan fingerprint density at radius 2 is 2.07 bits per heavy atom. The molecule has 72 valence electrons. The van der Waals surface area contributed by atoms with Gasteiger partial charge in [-0.1, -0.05) is 0 Å². The van der Waals surface area contributed by atoms with Gasteiger partial charge in [-0.3, -0.25) is 14.9 Å². The molecule has 0 saturated heterocycles. The lowest BCUT2D eigenvalue weighted by atomic mass is 10.2. The topological polar surface area (TPSA) is 110 Å². The molecule has 0 aliphatic carbocycles. The Balaban J connectivity index is 3.00. The van der Waals surface area contributed by atoms with Crippen LogP contribution in [0.4, 0.5) is 5.69 Å². The Kier molecular flexibility index (Phi) is 2.52. The maximum Gasteiger partial charge on any atom is 0.378 e. The number of aliphatic carboxylic acids is 1. The highest BCUT2D eigenvalue weighted by molar-refractivity contribution is 6.39. The zero-order chi connectivity index (χ0) is 10.7. The fourth-order valence-corrected chi connectivity index (χ4v) is 0.738. The minimum absolute atomic E-state index is 0.299. The predicted octanol–water partition coefficient (Wildman–Crippen LogP) is 0.257. The molecule has 0 saturated carbocycles. The van der Waals surface area contributed by atoms with E-state index in [9.17, 15) is 19.7 Å². The highest BCUT2D eigenvalue weighted by Crippen LogP contribution is 2.08.